The van der Waals surface area contributed by atoms with Gasteiger partial charge >= 0.3 is 0 Å². The van der Waals surface area contributed by atoms with Gasteiger partial charge in [-0.3, -0.25) is 9.69 Å². The second-order valence-corrected chi connectivity index (χ2v) is 5.90. The largest absolute Gasteiger partial charge is 0.317 e. The normalized spacial score (nSPS) is 17.2. The van der Waals surface area contributed by atoms with Crippen LogP contribution in [0.2, 0.25) is 0 Å². The summed E-state index contributed by atoms with van der Waals surface area (Å²) >= 11 is 1.44. The summed E-state index contributed by atoms with van der Waals surface area (Å²) < 4.78 is 0.720. The van der Waals surface area contributed by atoms with Crippen LogP contribution in [0.3, 0.4) is 0 Å². The molecule has 20 heavy (non-hydrogen) atoms. The number of hydrogen-bond donors (Lipinski definition) is 2. The van der Waals surface area contributed by atoms with Gasteiger partial charge in [0.15, 0.2) is 0 Å². The van der Waals surface area contributed by atoms with E-state index in [9.17, 15) is 4.79 Å². The van der Waals surface area contributed by atoms with Crippen molar-refractivity contribution in [3.8, 4) is 0 Å². The lowest BCUT2D eigenvalue weighted by Crippen LogP contribution is -2.41. The molecule has 5 nitrogen and oxygen atoms in total. The van der Waals surface area contributed by atoms with Crippen molar-refractivity contribution >= 4 is 34.0 Å². The molecule has 0 unspecified atom stereocenters. The lowest BCUT2D eigenvalue weighted by molar-refractivity contribution is 0.190. The Balaban J connectivity index is 0.00000147. The number of rotatable bonds is 3. The minimum absolute atomic E-state index is 0. The van der Waals surface area contributed by atoms with Gasteiger partial charge in [0.1, 0.15) is 10.5 Å². The van der Waals surface area contributed by atoms with Crippen LogP contribution in [0.4, 0.5) is 0 Å². The Morgan fingerprint density at radius 3 is 2.95 bits per heavy atom. The third kappa shape index (κ3) is 3.20. The van der Waals surface area contributed by atoms with Gasteiger partial charge in [-0.25, -0.2) is 4.98 Å². The van der Waals surface area contributed by atoms with Crippen LogP contribution in [-0.2, 0) is 6.54 Å². The van der Waals surface area contributed by atoms with E-state index in [1.165, 1.54) is 11.3 Å². The number of hydrogen-bond acceptors (Lipinski definition) is 5. The summed E-state index contributed by atoms with van der Waals surface area (Å²) in [4.78, 5) is 21.7. The summed E-state index contributed by atoms with van der Waals surface area (Å²) in [6.07, 6.45) is 2.31. The van der Waals surface area contributed by atoms with Crippen molar-refractivity contribution in [3.63, 3.8) is 0 Å². The molecule has 2 aromatic heterocycles. The Labute approximate surface area is 127 Å². The van der Waals surface area contributed by atoms with E-state index in [0.29, 0.717) is 6.04 Å². The maximum atomic E-state index is 11.9. The number of likely N-dealkylation sites (tertiary alicyclic amines) is 1. The van der Waals surface area contributed by atoms with Crippen LogP contribution in [-0.4, -0.2) is 41.0 Å². The number of thiophene rings is 1. The first-order valence-corrected chi connectivity index (χ1v) is 7.50. The molecule has 0 radical (unpaired) electrons. The maximum absolute atomic E-state index is 11.9. The predicted octanol–water partition coefficient (Wildman–Crippen LogP) is 1.59. The quantitative estimate of drug-likeness (QED) is 0.903. The van der Waals surface area contributed by atoms with E-state index in [1.54, 1.807) is 0 Å². The summed E-state index contributed by atoms with van der Waals surface area (Å²) in [6, 6.07) is 2.54. The second-order valence-electron chi connectivity index (χ2n) is 4.99. The molecule has 3 rings (SSSR count). The number of piperidine rings is 1. The van der Waals surface area contributed by atoms with Crippen molar-refractivity contribution in [3.05, 3.63) is 27.6 Å². The van der Waals surface area contributed by atoms with Crippen LogP contribution in [0, 0.1) is 0 Å². The third-order valence-corrected chi connectivity index (χ3v) is 4.64. The molecule has 1 aliphatic heterocycles. The SMILES string of the molecule is CNC1CCN(Cc2nc3ccsc3c(=O)[nH]2)CC1.Cl. The zero-order valence-electron chi connectivity index (χ0n) is 11.4. The summed E-state index contributed by atoms with van der Waals surface area (Å²) in [5.41, 5.74) is 0.800. The van der Waals surface area contributed by atoms with E-state index in [0.717, 1.165) is 48.5 Å². The molecule has 0 aliphatic carbocycles. The number of halogens is 1. The molecule has 1 aliphatic rings. The zero-order chi connectivity index (χ0) is 13.2. The van der Waals surface area contributed by atoms with E-state index in [-0.39, 0.29) is 18.0 Å². The smallest absolute Gasteiger partial charge is 0.268 e. The fourth-order valence-electron chi connectivity index (χ4n) is 2.59. The van der Waals surface area contributed by atoms with Gasteiger partial charge in [-0.2, -0.15) is 0 Å². The van der Waals surface area contributed by atoms with Crippen LogP contribution in [0.15, 0.2) is 16.2 Å². The zero-order valence-corrected chi connectivity index (χ0v) is 13.0. The highest BCUT2D eigenvalue weighted by atomic mass is 35.5. The average Bonchev–Trinajstić information content (AvgIpc) is 2.88. The van der Waals surface area contributed by atoms with Crippen molar-refractivity contribution in [2.45, 2.75) is 25.4 Å². The standard InChI is InChI=1S/C13H18N4OS.ClH/c1-14-9-2-5-17(6-3-9)8-11-15-10-4-7-19-12(10)13(18)16-11;/h4,7,9,14H,2-3,5-6,8H2,1H3,(H,15,16,18);1H. The van der Waals surface area contributed by atoms with Crippen LogP contribution in [0.25, 0.3) is 10.2 Å². The van der Waals surface area contributed by atoms with E-state index in [2.05, 4.69) is 20.2 Å². The fraction of sp³-hybridized carbons (Fsp3) is 0.538. The molecule has 0 bridgehead atoms. The molecule has 3 heterocycles. The number of fused-ring (bicyclic) bond motifs is 1. The Kier molecular flexibility index (Phi) is 5.15. The maximum Gasteiger partial charge on any atom is 0.268 e. The van der Waals surface area contributed by atoms with E-state index < -0.39 is 0 Å². The van der Waals surface area contributed by atoms with E-state index in [4.69, 9.17) is 0 Å². The van der Waals surface area contributed by atoms with Gasteiger partial charge in [-0.05, 0) is 31.3 Å². The Morgan fingerprint density at radius 2 is 2.25 bits per heavy atom. The number of aromatic nitrogens is 2. The molecule has 7 heteroatoms. The Hall–Kier alpha value is -0.950. The van der Waals surface area contributed by atoms with Gasteiger partial charge in [0.2, 0.25) is 0 Å². The Bertz CT molecular complexity index is 618. The molecular weight excluding hydrogens is 296 g/mol. The Morgan fingerprint density at radius 1 is 1.50 bits per heavy atom. The average molecular weight is 315 g/mol. The van der Waals surface area contributed by atoms with Crippen molar-refractivity contribution in [2.24, 2.45) is 0 Å². The van der Waals surface area contributed by atoms with Gasteiger partial charge in [0.05, 0.1) is 12.1 Å². The van der Waals surface area contributed by atoms with Crippen molar-refractivity contribution in [1.29, 1.82) is 0 Å². The minimum Gasteiger partial charge on any atom is -0.317 e. The van der Waals surface area contributed by atoms with Gasteiger partial charge in [0.25, 0.3) is 5.56 Å². The molecule has 110 valence electrons. The highest BCUT2D eigenvalue weighted by Gasteiger charge is 2.18. The summed E-state index contributed by atoms with van der Waals surface area (Å²) in [6.45, 7) is 2.84. The summed E-state index contributed by atoms with van der Waals surface area (Å²) in [5, 5.41) is 5.23. The number of H-pyrrole nitrogens is 1. The molecular formula is C13H19ClN4OS. The molecule has 2 aromatic rings. The van der Waals surface area contributed by atoms with Gasteiger partial charge in [0, 0.05) is 19.1 Å². The first-order chi connectivity index (χ1) is 9.26. The van der Waals surface area contributed by atoms with Crippen LogP contribution in [0.5, 0.6) is 0 Å². The molecule has 1 fully saturated rings. The number of nitrogens with zero attached hydrogens (tertiary/aromatic N) is 2. The van der Waals surface area contributed by atoms with Gasteiger partial charge in [-0.15, -0.1) is 23.7 Å². The molecule has 0 aromatic carbocycles. The van der Waals surface area contributed by atoms with Crippen molar-refractivity contribution < 1.29 is 0 Å². The molecule has 0 atom stereocenters. The fourth-order valence-corrected chi connectivity index (χ4v) is 3.31. The summed E-state index contributed by atoms with van der Waals surface area (Å²) in [5.74, 6) is 0.777. The topological polar surface area (TPSA) is 61.0 Å². The van der Waals surface area contributed by atoms with Gasteiger partial charge < -0.3 is 10.3 Å². The van der Waals surface area contributed by atoms with Crippen LogP contribution < -0.4 is 10.9 Å². The van der Waals surface area contributed by atoms with Crippen LogP contribution >= 0.6 is 23.7 Å². The highest BCUT2D eigenvalue weighted by molar-refractivity contribution is 7.17. The second kappa shape index (κ2) is 6.67. The lowest BCUT2D eigenvalue weighted by atomic mass is 10.1. The monoisotopic (exact) mass is 314 g/mol. The van der Waals surface area contributed by atoms with Crippen molar-refractivity contribution in [1.82, 2.24) is 20.2 Å². The van der Waals surface area contributed by atoms with Crippen molar-refractivity contribution in [2.75, 3.05) is 20.1 Å². The first-order valence-electron chi connectivity index (χ1n) is 6.62. The van der Waals surface area contributed by atoms with Gasteiger partial charge in [-0.1, -0.05) is 0 Å². The minimum atomic E-state index is -0.0138. The highest BCUT2D eigenvalue weighted by Crippen LogP contribution is 2.15. The third-order valence-electron chi connectivity index (χ3n) is 3.73. The molecule has 2 N–H and O–H groups in total. The first kappa shape index (κ1) is 15.4. The van der Waals surface area contributed by atoms with E-state index >= 15 is 0 Å². The molecule has 1 saturated heterocycles. The molecule has 0 spiro atoms. The van der Waals surface area contributed by atoms with E-state index in [1.807, 2.05) is 18.5 Å². The molecule has 0 saturated carbocycles. The lowest BCUT2D eigenvalue weighted by Gasteiger charge is -2.31. The van der Waals surface area contributed by atoms with Crippen LogP contribution in [0.1, 0.15) is 18.7 Å². The summed E-state index contributed by atoms with van der Waals surface area (Å²) in [7, 11) is 2.02. The number of nitrogens with one attached hydrogen (secondary N) is 2. The predicted molar refractivity (Wildman–Crippen MR) is 84.8 cm³/mol. The number of aromatic amines is 1. The molecule has 0 amide bonds.